The maximum Gasteiger partial charge on any atom is 0.408 e. The Hall–Kier alpha value is -1.09. The third kappa shape index (κ3) is 4.00. The highest BCUT2D eigenvalue weighted by Crippen LogP contribution is 2.19. The SMILES string of the molecule is CN(C)Nc1cnn(CC(F)(F)F)c(=O)c1Br. The fraction of sp³-hybridized carbons (Fsp3) is 0.500. The van der Waals surface area contributed by atoms with Gasteiger partial charge in [0.15, 0.2) is 0 Å². The van der Waals surface area contributed by atoms with Crippen molar-refractivity contribution in [1.82, 2.24) is 14.8 Å². The molecule has 0 spiro atoms. The summed E-state index contributed by atoms with van der Waals surface area (Å²) in [6, 6.07) is 0. The fourth-order valence-corrected chi connectivity index (χ4v) is 1.46. The van der Waals surface area contributed by atoms with Crippen molar-refractivity contribution in [3.05, 3.63) is 21.0 Å². The van der Waals surface area contributed by atoms with Crippen LogP contribution in [0.5, 0.6) is 0 Å². The van der Waals surface area contributed by atoms with E-state index >= 15 is 0 Å². The van der Waals surface area contributed by atoms with Gasteiger partial charge in [-0.3, -0.25) is 4.79 Å². The first-order valence-corrected chi connectivity index (χ1v) is 5.26. The number of hydrogen-bond donors (Lipinski definition) is 1. The fourth-order valence-electron chi connectivity index (χ4n) is 1.07. The van der Waals surface area contributed by atoms with E-state index in [9.17, 15) is 18.0 Å². The summed E-state index contributed by atoms with van der Waals surface area (Å²) < 4.78 is 36.7. The number of alkyl halides is 3. The van der Waals surface area contributed by atoms with E-state index in [4.69, 9.17) is 0 Å². The highest BCUT2D eigenvalue weighted by atomic mass is 79.9. The molecule has 0 bridgehead atoms. The van der Waals surface area contributed by atoms with Crippen LogP contribution in [0.1, 0.15) is 0 Å². The molecule has 1 N–H and O–H groups in total. The molecule has 1 heterocycles. The molecule has 0 aliphatic carbocycles. The lowest BCUT2D eigenvalue weighted by Gasteiger charge is -2.15. The van der Waals surface area contributed by atoms with E-state index in [1.807, 2.05) is 0 Å². The summed E-state index contributed by atoms with van der Waals surface area (Å²) in [6.07, 6.45) is -3.33. The number of rotatable bonds is 3. The van der Waals surface area contributed by atoms with Gasteiger partial charge in [0, 0.05) is 14.1 Å². The lowest BCUT2D eigenvalue weighted by molar-refractivity contribution is -0.143. The summed E-state index contributed by atoms with van der Waals surface area (Å²) in [5, 5.41) is 4.98. The minimum Gasteiger partial charge on any atom is -0.317 e. The van der Waals surface area contributed by atoms with Crippen LogP contribution in [0.15, 0.2) is 15.5 Å². The van der Waals surface area contributed by atoms with Crippen LogP contribution in [0.4, 0.5) is 18.9 Å². The molecule has 0 atom stereocenters. The van der Waals surface area contributed by atoms with E-state index < -0.39 is 18.3 Å². The summed E-state index contributed by atoms with van der Waals surface area (Å²) in [4.78, 5) is 11.5. The Kier molecular flexibility index (Phi) is 4.15. The van der Waals surface area contributed by atoms with Gasteiger partial charge in [-0.15, -0.1) is 0 Å². The zero-order valence-corrected chi connectivity index (χ0v) is 10.6. The van der Waals surface area contributed by atoms with Crippen LogP contribution in [-0.4, -0.2) is 35.1 Å². The molecule has 0 saturated heterocycles. The molecule has 0 amide bonds. The molecule has 0 aliphatic rings. The van der Waals surface area contributed by atoms with E-state index in [1.54, 1.807) is 14.1 Å². The van der Waals surface area contributed by atoms with Crippen LogP contribution in [0.25, 0.3) is 0 Å². The summed E-state index contributed by atoms with van der Waals surface area (Å²) in [5.41, 5.74) is 2.20. The number of halogens is 4. The van der Waals surface area contributed by atoms with Gasteiger partial charge < -0.3 is 5.43 Å². The van der Waals surface area contributed by atoms with Crippen LogP contribution < -0.4 is 11.0 Å². The number of anilines is 1. The first-order chi connectivity index (χ1) is 7.70. The molecular weight excluding hydrogens is 305 g/mol. The molecule has 0 unspecified atom stereocenters. The van der Waals surface area contributed by atoms with Crippen molar-refractivity contribution in [2.24, 2.45) is 0 Å². The van der Waals surface area contributed by atoms with Gasteiger partial charge in [0.25, 0.3) is 5.56 Å². The van der Waals surface area contributed by atoms with Gasteiger partial charge in [0.2, 0.25) is 0 Å². The molecule has 0 radical (unpaired) electrons. The van der Waals surface area contributed by atoms with Gasteiger partial charge in [-0.05, 0) is 15.9 Å². The number of hydrazine groups is 1. The lowest BCUT2D eigenvalue weighted by Crippen LogP contribution is -2.32. The molecule has 17 heavy (non-hydrogen) atoms. The Balaban J connectivity index is 3.07. The molecule has 96 valence electrons. The second kappa shape index (κ2) is 5.05. The minimum atomic E-state index is -4.48. The molecule has 0 aliphatic heterocycles. The number of nitrogens with one attached hydrogen (secondary N) is 1. The average Bonchev–Trinajstić information content (AvgIpc) is 2.15. The predicted octanol–water partition coefficient (Wildman–Crippen LogP) is 1.46. The summed E-state index contributed by atoms with van der Waals surface area (Å²) in [6.45, 7) is -1.41. The van der Waals surface area contributed by atoms with E-state index in [2.05, 4.69) is 26.5 Å². The van der Waals surface area contributed by atoms with Crippen LogP contribution in [-0.2, 0) is 6.54 Å². The third-order valence-electron chi connectivity index (χ3n) is 1.66. The standard InChI is InChI=1S/C8H10BrF3N4O/c1-15(2)14-5-3-13-16(4-8(10,11)12)7(17)6(5)9/h3,14H,4H2,1-2H3. The van der Waals surface area contributed by atoms with Gasteiger partial charge in [-0.2, -0.15) is 18.3 Å². The highest BCUT2D eigenvalue weighted by Gasteiger charge is 2.29. The summed E-state index contributed by atoms with van der Waals surface area (Å²) in [7, 11) is 3.35. The van der Waals surface area contributed by atoms with Crippen molar-refractivity contribution in [2.45, 2.75) is 12.7 Å². The van der Waals surface area contributed by atoms with Gasteiger partial charge in [0.1, 0.15) is 11.0 Å². The first kappa shape index (κ1) is 14.0. The van der Waals surface area contributed by atoms with E-state index in [0.29, 0.717) is 10.4 Å². The van der Waals surface area contributed by atoms with Gasteiger partial charge in [-0.25, -0.2) is 9.69 Å². The Labute approximate surface area is 103 Å². The zero-order valence-electron chi connectivity index (χ0n) is 9.05. The lowest BCUT2D eigenvalue weighted by atomic mass is 10.4. The molecule has 0 fully saturated rings. The van der Waals surface area contributed by atoms with E-state index in [0.717, 1.165) is 6.20 Å². The maximum atomic E-state index is 12.1. The average molecular weight is 315 g/mol. The first-order valence-electron chi connectivity index (χ1n) is 4.47. The van der Waals surface area contributed by atoms with E-state index in [1.165, 1.54) is 5.01 Å². The molecule has 0 aromatic carbocycles. The van der Waals surface area contributed by atoms with Crippen LogP contribution in [0.3, 0.4) is 0 Å². The number of nitrogens with zero attached hydrogens (tertiary/aromatic N) is 3. The maximum absolute atomic E-state index is 12.1. The predicted molar refractivity (Wildman–Crippen MR) is 59.6 cm³/mol. The quantitative estimate of drug-likeness (QED) is 0.858. The van der Waals surface area contributed by atoms with Gasteiger partial charge in [-0.1, -0.05) is 0 Å². The molecule has 9 heteroatoms. The third-order valence-corrected chi connectivity index (χ3v) is 2.42. The Morgan fingerprint density at radius 1 is 1.53 bits per heavy atom. The number of aromatic nitrogens is 2. The van der Waals surface area contributed by atoms with E-state index in [-0.39, 0.29) is 4.47 Å². The molecule has 1 aromatic rings. The van der Waals surface area contributed by atoms with Crippen LogP contribution in [0.2, 0.25) is 0 Å². The highest BCUT2D eigenvalue weighted by molar-refractivity contribution is 9.10. The number of hydrogen-bond acceptors (Lipinski definition) is 4. The second-order valence-corrected chi connectivity index (χ2v) is 4.25. The van der Waals surface area contributed by atoms with Crippen molar-refractivity contribution in [3.63, 3.8) is 0 Å². The second-order valence-electron chi connectivity index (χ2n) is 3.46. The molecule has 0 saturated carbocycles. The van der Waals surface area contributed by atoms with Crippen molar-refractivity contribution in [2.75, 3.05) is 19.5 Å². The van der Waals surface area contributed by atoms with Crippen LogP contribution >= 0.6 is 15.9 Å². The Bertz CT molecular complexity index is 457. The summed E-state index contributed by atoms with van der Waals surface area (Å²) in [5.74, 6) is 0. The minimum absolute atomic E-state index is 0.00505. The van der Waals surface area contributed by atoms with Crippen LogP contribution in [0, 0.1) is 0 Å². The normalized spacial score (nSPS) is 11.9. The molecule has 1 rings (SSSR count). The molecular formula is C8H10BrF3N4O. The molecule has 5 nitrogen and oxygen atoms in total. The van der Waals surface area contributed by atoms with Gasteiger partial charge >= 0.3 is 6.18 Å². The largest absolute Gasteiger partial charge is 0.408 e. The van der Waals surface area contributed by atoms with Crippen molar-refractivity contribution in [3.8, 4) is 0 Å². The Morgan fingerprint density at radius 2 is 2.12 bits per heavy atom. The monoisotopic (exact) mass is 314 g/mol. The van der Waals surface area contributed by atoms with Crippen molar-refractivity contribution < 1.29 is 13.2 Å². The van der Waals surface area contributed by atoms with Crippen molar-refractivity contribution >= 4 is 21.6 Å². The van der Waals surface area contributed by atoms with Crippen molar-refractivity contribution in [1.29, 1.82) is 0 Å². The summed E-state index contributed by atoms with van der Waals surface area (Å²) >= 11 is 2.94. The topological polar surface area (TPSA) is 50.2 Å². The Morgan fingerprint density at radius 3 is 2.59 bits per heavy atom. The van der Waals surface area contributed by atoms with Gasteiger partial charge in [0.05, 0.1) is 11.9 Å². The smallest absolute Gasteiger partial charge is 0.317 e. The molecule has 1 aromatic heterocycles. The zero-order chi connectivity index (χ0) is 13.2.